The van der Waals surface area contributed by atoms with E-state index in [1.54, 1.807) is 49.7 Å². The van der Waals surface area contributed by atoms with E-state index < -0.39 is 0 Å². The number of carbonyl (C=O) groups excluding carboxylic acids is 1. The van der Waals surface area contributed by atoms with E-state index in [-0.39, 0.29) is 25.7 Å². The summed E-state index contributed by atoms with van der Waals surface area (Å²) in [4.78, 5) is 28.4. The maximum Gasteiger partial charge on any atom is 0.243 e. The number of nitrogens with zero attached hydrogens (tertiary/aromatic N) is 4. The molecule has 3 aromatic rings. The van der Waals surface area contributed by atoms with Crippen LogP contribution in [0.4, 0.5) is 11.5 Å². The molecule has 1 amide bonds. The van der Waals surface area contributed by atoms with E-state index in [1.807, 2.05) is 11.9 Å². The summed E-state index contributed by atoms with van der Waals surface area (Å²) in [6.45, 7) is 0.272. The van der Waals surface area contributed by atoms with Crippen molar-refractivity contribution in [1.82, 2.24) is 15.0 Å². The number of likely N-dealkylation sites (N-methyl/N-ethyl adjacent to an activating group) is 1. The highest BCUT2D eigenvalue weighted by atomic mass is 16.5. The van der Waals surface area contributed by atoms with Crippen molar-refractivity contribution in [2.75, 3.05) is 44.1 Å². The second-order valence-electron chi connectivity index (χ2n) is 7.73. The number of ether oxygens (including phenoxy) is 2. The van der Waals surface area contributed by atoms with Crippen molar-refractivity contribution in [2.45, 2.75) is 19.3 Å². The smallest absolute Gasteiger partial charge is 0.243 e. The molecular weight excluding hydrogens is 422 g/mol. The monoisotopic (exact) mass is 449 g/mol. The quantitative estimate of drug-likeness (QED) is 0.513. The summed E-state index contributed by atoms with van der Waals surface area (Å²) in [5.41, 5.74) is 3.34. The topological polar surface area (TPSA) is 110 Å². The van der Waals surface area contributed by atoms with Gasteiger partial charge >= 0.3 is 0 Å². The minimum atomic E-state index is -0.146. The molecule has 0 fully saturated rings. The molecule has 4 rings (SSSR count). The molecule has 0 radical (unpaired) electrons. The molecule has 9 nitrogen and oxygen atoms in total. The van der Waals surface area contributed by atoms with Crippen LogP contribution in [0.1, 0.15) is 17.7 Å². The van der Waals surface area contributed by atoms with Gasteiger partial charge in [-0.1, -0.05) is 0 Å². The Bertz CT molecular complexity index is 1120. The van der Waals surface area contributed by atoms with E-state index in [1.165, 1.54) is 0 Å². The molecule has 2 N–H and O–H groups in total. The van der Waals surface area contributed by atoms with Gasteiger partial charge in [0.05, 0.1) is 20.3 Å². The summed E-state index contributed by atoms with van der Waals surface area (Å²) in [5, 5.41) is 11.9. The average Bonchev–Trinajstić information content (AvgIpc) is 3.31. The molecule has 172 valence electrons. The van der Waals surface area contributed by atoms with Crippen molar-refractivity contribution < 1.29 is 19.4 Å². The number of nitrogens with one attached hydrogen (secondary N) is 1. The lowest BCUT2D eigenvalue weighted by atomic mass is 10.2. The van der Waals surface area contributed by atoms with Crippen molar-refractivity contribution in [3.63, 3.8) is 0 Å². The molecule has 0 atom stereocenters. The number of rotatable bonds is 9. The van der Waals surface area contributed by atoms with Crippen LogP contribution in [0, 0.1) is 0 Å². The fraction of sp³-hybridized carbons (Fsp3) is 0.333. The highest BCUT2D eigenvalue weighted by molar-refractivity contribution is 5.94. The third-order valence-corrected chi connectivity index (χ3v) is 5.35. The molecule has 2 heterocycles. The van der Waals surface area contributed by atoms with E-state index in [0.29, 0.717) is 23.0 Å². The van der Waals surface area contributed by atoms with Crippen molar-refractivity contribution in [1.29, 1.82) is 0 Å². The zero-order chi connectivity index (χ0) is 23.2. The molecule has 1 aliphatic carbocycles. The number of aliphatic hydroxyl groups is 1. The lowest BCUT2D eigenvalue weighted by molar-refractivity contribution is -0.114. The van der Waals surface area contributed by atoms with Crippen LogP contribution in [0.15, 0.2) is 42.6 Å². The Kier molecular flexibility index (Phi) is 6.99. The van der Waals surface area contributed by atoms with Crippen LogP contribution in [0.2, 0.25) is 0 Å². The fourth-order valence-electron chi connectivity index (χ4n) is 3.79. The lowest BCUT2D eigenvalue weighted by Crippen LogP contribution is -2.31. The standard InChI is InChI=1S/C24H27N5O4/c1-29(15-22(31)26-16-6-8-17(32-2)9-7-16)24-19-4-3-5-20(19)27-23(28-24)21-14-18(10-11-25-21)33-13-12-30/h6-11,14,30H,3-5,12-13,15H2,1-2H3,(H,26,31). The normalized spacial score (nSPS) is 12.2. The summed E-state index contributed by atoms with van der Waals surface area (Å²) in [6.07, 6.45) is 4.37. The highest BCUT2D eigenvalue weighted by Crippen LogP contribution is 2.31. The number of amides is 1. The molecule has 0 saturated carbocycles. The number of benzene rings is 1. The summed E-state index contributed by atoms with van der Waals surface area (Å²) < 4.78 is 10.6. The van der Waals surface area contributed by atoms with Crippen LogP contribution >= 0.6 is 0 Å². The molecule has 0 bridgehead atoms. The number of aliphatic hydroxyl groups excluding tert-OH is 1. The van der Waals surface area contributed by atoms with E-state index in [0.717, 1.165) is 42.1 Å². The number of fused-ring (bicyclic) bond motifs is 1. The number of pyridine rings is 1. The van der Waals surface area contributed by atoms with Gasteiger partial charge in [0.1, 0.15) is 29.6 Å². The molecule has 1 aliphatic rings. The Morgan fingerprint density at radius 3 is 2.73 bits per heavy atom. The summed E-state index contributed by atoms with van der Waals surface area (Å²) >= 11 is 0. The second-order valence-corrected chi connectivity index (χ2v) is 7.73. The number of hydrogen-bond acceptors (Lipinski definition) is 8. The van der Waals surface area contributed by atoms with Crippen LogP contribution in [-0.4, -0.2) is 59.9 Å². The Balaban J connectivity index is 1.54. The molecule has 9 heteroatoms. The largest absolute Gasteiger partial charge is 0.497 e. The van der Waals surface area contributed by atoms with Crippen LogP contribution in [0.5, 0.6) is 11.5 Å². The Morgan fingerprint density at radius 2 is 1.97 bits per heavy atom. The molecule has 2 aromatic heterocycles. The number of carbonyl (C=O) groups is 1. The number of anilines is 2. The first-order valence-corrected chi connectivity index (χ1v) is 10.8. The number of hydrogen-bond donors (Lipinski definition) is 2. The SMILES string of the molecule is COc1ccc(NC(=O)CN(C)c2nc(-c3cc(OCCO)ccn3)nc3c2CCC3)cc1. The van der Waals surface area contributed by atoms with E-state index in [9.17, 15) is 4.79 Å². The third-order valence-electron chi connectivity index (χ3n) is 5.35. The zero-order valence-corrected chi connectivity index (χ0v) is 18.7. The summed E-state index contributed by atoms with van der Waals surface area (Å²) in [7, 11) is 3.46. The van der Waals surface area contributed by atoms with Crippen molar-refractivity contribution in [3.8, 4) is 23.0 Å². The van der Waals surface area contributed by atoms with Crippen LogP contribution < -0.4 is 19.7 Å². The minimum absolute atomic E-state index is 0.0689. The first-order chi connectivity index (χ1) is 16.1. The number of aryl methyl sites for hydroxylation is 1. The van der Waals surface area contributed by atoms with Gasteiger partial charge in [-0.2, -0.15) is 0 Å². The Labute approximate surface area is 192 Å². The van der Waals surface area contributed by atoms with Gasteiger partial charge in [-0.3, -0.25) is 9.78 Å². The van der Waals surface area contributed by atoms with Gasteiger partial charge in [-0.15, -0.1) is 0 Å². The van der Waals surface area contributed by atoms with Gasteiger partial charge in [0.2, 0.25) is 5.91 Å². The predicted octanol–water partition coefficient (Wildman–Crippen LogP) is 2.48. The van der Waals surface area contributed by atoms with E-state index >= 15 is 0 Å². The maximum atomic E-state index is 12.7. The average molecular weight is 450 g/mol. The van der Waals surface area contributed by atoms with Gasteiger partial charge < -0.3 is 24.8 Å². The number of aromatic nitrogens is 3. The van der Waals surface area contributed by atoms with Crippen molar-refractivity contribution in [2.24, 2.45) is 0 Å². The minimum Gasteiger partial charge on any atom is -0.497 e. The first-order valence-electron chi connectivity index (χ1n) is 10.8. The van der Waals surface area contributed by atoms with Gasteiger partial charge in [0.15, 0.2) is 5.82 Å². The Hall–Kier alpha value is -3.72. The van der Waals surface area contributed by atoms with Gasteiger partial charge in [0, 0.05) is 36.3 Å². The Morgan fingerprint density at radius 1 is 1.15 bits per heavy atom. The molecule has 0 aliphatic heterocycles. The van der Waals surface area contributed by atoms with Gasteiger partial charge in [-0.05, 0) is 49.6 Å². The lowest BCUT2D eigenvalue weighted by Gasteiger charge is -2.21. The predicted molar refractivity (Wildman–Crippen MR) is 125 cm³/mol. The van der Waals surface area contributed by atoms with Crippen molar-refractivity contribution in [3.05, 3.63) is 53.9 Å². The zero-order valence-electron chi connectivity index (χ0n) is 18.7. The third kappa shape index (κ3) is 5.38. The van der Waals surface area contributed by atoms with Crippen LogP contribution in [0.3, 0.4) is 0 Å². The second kappa shape index (κ2) is 10.3. The van der Waals surface area contributed by atoms with E-state index in [2.05, 4.69) is 10.3 Å². The van der Waals surface area contributed by atoms with Crippen LogP contribution in [-0.2, 0) is 17.6 Å². The molecule has 0 saturated heterocycles. The summed E-state index contributed by atoms with van der Waals surface area (Å²) in [5.74, 6) is 2.40. The highest BCUT2D eigenvalue weighted by Gasteiger charge is 2.23. The molecule has 1 aromatic carbocycles. The summed E-state index contributed by atoms with van der Waals surface area (Å²) in [6, 6.07) is 10.7. The van der Waals surface area contributed by atoms with Crippen molar-refractivity contribution >= 4 is 17.4 Å². The van der Waals surface area contributed by atoms with Gasteiger partial charge in [0.25, 0.3) is 0 Å². The molecule has 0 spiro atoms. The fourth-order valence-corrected chi connectivity index (χ4v) is 3.79. The first kappa shape index (κ1) is 22.5. The van der Waals surface area contributed by atoms with Crippen LogP contribution in [0.25, 0.3) is 11.5 Å². The van der Waals surface area contributed by atoms with Gasteiger partial charge in [-0.25, -0.2) is 9.97 Å². The molecule has 0 unspecified atom stereocenters. The molecular formula is C24H27N5O4. The van der Waals surface area contributed by atoms with E-state index in [4.69, 9.17) is 24.5 Å². The molecule has 33 heavy (non-hydrogen) atoms. The maximum absolute atomic E-state index is 12.7. The number of methoxy groups -OCH3 is 1.